The summed E-state index contributed by atoms with van der Waals surface area (Å²) in [5.41, 5.74) is 2.19. The minimum absolute atomic E-state index is 0.0566. The molecule has 0 bridgehead atoms. The minimum atomic E-state index is -0.513. The number of amides is 2. The first-order valence-corrected chi connectivity index (χ1v) is 12.0. The van der Waals surface area contributed by atoms with Crippen molar-refractivity contribution in [3.8, 4) is 17.2 Å². The van der Waals surface area contributed by atoms with Crippen LogP contribution in [-0.2, 0) is 4.79 Å². The van der Waals surface area contributed by atoms with Crippen LogP contribution in [0.1, 0.15) is 66.1 Å². The first-order valence-electron chi connectivity index (χ1n) is 12.0. The molecule has 182 valence electrons. The summed E-state index contributed by atoms with van der Waals surface area (Å²) in [6, 6.07) is 10.8. The van der Waals surface area contributed by atoms with Gasteiger partial charge < -0.3 is 24.0 Å². The van der Waals surface area contributed by atoms with E-state index in [1.54, 1.807) is 21.3 Å². The average Bonchev–Trinajstić information content (AvgIpc) is 2.89. The third kappa shape index (κ3) is 4.19. The molecule has 2 aliphatic rings. The highest BCUT2D eigenvalue weighted by Crippen LogP contribution is 2.48. The summed E-state index contributed by atoms with van der Waals surface area (Å²) in [6.45, 7) is 4.09. The van der Waals surface area contributed by atoms with Crippen molar-refractivity contribution >= 4 is 11.8 Å². The van der Waals surface area contributed by atoms with Gasteiger partial charge in [-0.1, -0.05) is 25.1 Å². The zero-order chi connectivity index (χ0) is 24.2. The van der Waals surface area contributed by atoms with Crippen LogP contribution in [0.2, 0.25) is 0 Å². The van der Waals surface area contributed by atoms with Crippen LogP contribution in [0.15, 0.2) is 36.4 Å². The molecule has 0 N–H and O–H groups in total. The number of carbonyl (C=O) groups excluding carboxylic acids is 2. The fraction of sp³-hybridized carbons (Fsp3) is 0.481. The van der Waals surface area contributed by atoms with E-state index in [4.69, 9.17) is 14.2 Å². The maximum atomic E-state index is 14.1. The van der Waals surface area contributed by atoms with Gasteiger partial charge in [0.15, 0.2) is 11.5 Å². The number of benzene rings is 2. The Morgan fingerprint density at radius 3 is 2.21 bits per heavy atom. The number of nitrogens with zero attached hydrogens (tertiary/aromatic N) is 2. The predicted molar refractivity (Wildman–Crippen MR) is 130 cm³/mol. The third-order valence-corrected chi connectivity index (χ3v) is 6.87. The standard InChI is InChI=1S/C27H34N2O5/c1-5-13-29-24(18-16-21(32-2)25(34-4)22(17-18)33-3)23(27(31)28-14-9-6-10-15-28)19-11-7-8-12-20(19)26(29)30/h7-8,11-12,16-17,23-24H,5-6,9-10,13-15H2,1-4H3/t23-,24-/m1/s1. The minimum Gasteiger partial charge on any atom is -0.493 e. The Hall–Kier alpha value is -3.22. The Kier molecular flexibility index (Phi) is 7.29. The number of hydrogen-bond donors (Lipinski definition) is 0. The van der Waals surface area contributed by atoms with Crippen LogP contribution in [0.3, 0.4) is 0 Å². The van der Waals surface area contributed by atoms with Gasteiger partial charge >= 0.3 is 0 Å². The van der Waals surface area contributed by atoms with Crippen LogP contribution in [-0.4, -0.2) is 62.6 Å². The summed E-state index contributed by atoms with van der Waals surface area (Å²) in [7, 11) is 4.71. The van der Waals surface area contributed by atoms with Crippen molar-refractivity contribution < 1.29 is 23.8 Å². The third-order valence-electron chi connectivity index (χ3n) is 6.87. The first kappa shape index (κ1) is 23.9. The maximum Gasteiger partial charge on any atom is 0.254 e. The second kappa shape index (κ2) is 10.4. The molecule has 7 nitrogen and oxygen atoms in total. The molecule has 0 unspecified atom stereocenters. The summed E-state index contributed by atoms with van der Waals surface area (Å²) in [4.78, 5) is 31.6. The van der Waals surface area contributed by atoms with E-state index in [1.165, 1.54) is 0 Å². The lowest BCUT2D eigenvalue weighted by molar-refractivity contribution is -0.135. The predicted octanol–water partition coefficient (Wildman–Crippen LogP) is 4.42. The van der Waals surface area contributed by atoms with Gasteiger partial charge in [-0.05, 0) is 55.0 Å². The number of likely N-dealkylation sites (tertiary alicyclic amines) is 1. The highest BCUT2D eigenvalue weighted by atomic mass is 16.5. The molecule has 4 rings (SSSR count). The Morgan fingerprint density at radius 2 is 1.62 bits per heavy atom. The molecule has 0 saturated carbocycles. The van der Waals surface area contributed by atoms with E-state index in [2.05, 4.69) is 0 Å². The first-order chi connectivity index (χ1) is 16.5. The van der Waals surface area contributed by atoms with Crippen molar-refractivity contribution in [3.63, 3.8) is 0 Å². The second-order valence-electron chi connectivity index (χ2n) is 8.85. The Labute approximate surface area is 201 Å². The number of piperidine rings is 1. The summed E-state index contributed by atoms with van der Waals surface area (Å²) >= 11 is 0. The lowest BCUT2D eigenvalue weighted by atomic mass is 9.78. The smallest absolute Gasteiger partial charge is 0.254 e. The van der Waals surface area contributed by atoms with Crippen LogP contribution in [0, 0.1) is 0 Å². The number of rotatable bonds is 7. The molecule has 0 spiro atoms. The summed E-state index contributed by atoms with van der Waals surface area (Å²) in [6.07, 6.45) is 3.93. The largest absolute Gasteiger partial charge is 0.493 e. The van der Waals surface area contributed by atoms with Gasteiger partial charge in [0.25, 0.3) is 5.91 Å². The lowest BCUT2D eigenvalue weighted by Crippen LogP contribution is -2.49. The summed E-state index contributed by atoms with van der Waals surface area (Å²) in [5.74, 6) is 0.990. The molecule has 2 heterocycles. The van der Waals surface area contributed by atoms with Gasteiger partial charge in [0.2, 0.25) is 11.7 Å². The molecule has 0 aromatic heterocycles. The van der Waals surface area contributed by atoms with E-state index in [-0.39, 0.29) is 11.8 Å². The quantitative estimate of drug-likeness (QED) is 0.604. The lowest BCUT2D eigenvalue weighted by Gasteiger charge is -2.44. The molecule has 2 amide bonds. The van der Waals surface area contributed by atoms with Crippen LogP contribution >= 0.6 is 0 Å². The van der Waals surface area contributed by atoms with Crippen LogP contribution in [0.5, 0.6) is 17.2 Å². The molecule has 2 aromatic carbocycles. The van der Waals surface area contributed by atoms with E-state index < -0.39 is 12.0 Å². The molecule has 2 aromatic rings. The van der Waals surface area contributed by atoms with E-state index >= 15 is 0 Å². The fourth-order valence-corrected chi connectivity index (χ4v) is 5.30. The SMILES string of the molecule is CCCN1C(=O)c2ccccc2[C@@H](C(=O)N2CCCCC2)[C@H]1c1cc(OC)c(OC)c(OC)c1. The van der Waals surface area contributed by atoms with E-state index in [1.807, 2.05) is 53.1 Å². The van der Waals surface area contributed by atoms with Gasteiger partial charge in [0, 0.05) is 25.2 Å². The Balaban J connectivity index is 1.92. The number of hydrogen-bond acceptors (Lipinski definition) is 5. The Morgan fingerprint density at radius 1 is 0.971 bits per heavy atom. The molecule has 0 aliphatic carbocycles. The van der Waals surface area contributed by atoms with Gasteiger partial charge in [-0.3, -0.25) is 9.59 Å². The molecule has 7 heteroatoms. The van der Waals surface area contributed by atoms with Gasteiger partial charge in [-0.25, -0.2) is 0 Å². The molecular formula is C27H34N2O5. The van der Waals surface area contributed by atoms with Gasteiger partial charge in [-0.15, -0.1) is 0 Å². The van der Waals surface area contributed by atoms with Crippen LogP contribution in [0.4, 0.5) is 0 Å². The fourth-order valence-electron chi connectivity index (χ4n) is 5.30. The van der Waals surface area contributed by atoms with Crippen molar-refractivity contribution in [1.82, 2.24) is 9.80 Å². The number of ether oxygens (including phenoxy) is 3. The summed E-state index contributed by atoms with van der Waals surface area (Å²) in [5, 5.41) is 0. The highest BCUT2D eigenvalue weighted by Gasteiger charge is 2.45. The zero-order valence-electron chi connectivity index (χ0n) is 20.5. The molecule has 2 atom stereocenters. The van der Waals surface area contributed by atoms with E-state index in [0.717, 1.165) is 49.9 Å². The van der Waals surface area contributed by atoms with Gasteiger partial charge in [0.05, 0.1) is 33.3 Å². The summed E-state index contributed by atoms with van der Waals surface area (Å²) < 4.78 is 16.7. The van der Waals surface area contributed by atoms with E-state index in [0.29, 0.717) is 29.4 Å². The molecule has 34 heavy (non-hydrogen) atoms. The van der Waals surface area contributed by atoms with Crippen molar-refractivity contribution in [3.05, 3.63) is 53.1 Å². The number of carbonyl (C=O) groups is 2. The van der Waals surface area contributed by atoms with Gasteiger partial charge in [-0.2, -0.15) is 0 Å². The molecule has 0 radical (unpaired) electrons. The highest BCUT2D eigenvalue weighted by molar-refractivity contribution is 6.01. The van der Waals surface area contributed by atoms with Crippen molar-refractivity contribution in [2.75, 3.05) is 41.0 Å². The van der Waals surface area contributed by atoms with Crippen LogP contribution in [0.25, 0.3) is 0 Å². The average molecular weight is 467 g/mol. The molecule has 1 fully saturated rings. The van der Waals surface area contributed by atoms with Gasteiger partial charge in [0.1, 0.15) is 0 Å². The normalized spacial score (nSPS) is 20.1. The molecule has 2 aliphatic heterocycles. The molecule has 1 saturated heterocycles. The number of methoxy groups -OCH3 is 3. The van der Waals surface area contributed by atoms with Crippen molar-refractivity contribution in [2.24, 2.45) is 0 Å². The topological polar surface area (TPSA) is 68.3 Å². The van der Waals surface area contributed by atoms with Crippen LogP contribution < -0.4 is 14.2 Å². The monoisotopic (exact) mass is 466 g/mol. The maximum absolute atomic E-state index is 14.1. The van der Waals surface area contributed by atoms with E-state index in [9.17, 15) is 9.59 Å². The van der Waals surface area contributed by atoms with Crippen molar-refractivity contribution in [2.45, 2.75) is 44.6 Å². The molecular weight excluding hydrogens is 432 g/mol. The number of fused-ring (bicyclic) bond motifs is 1. The van der Waals surface area contributed by atoms with Crippen molar-refractivity contribution in [1.29, 1.82) is 0 Å². The second-order valence-corrected chi connectivity index (χ2v) is 8.85. The zero-order valence-corrected chi connectivity index (χ0v) is 20.5. The Bertz CT molecular complexity index is 1020.